The number of hydrogen-bond donors (Lipinski definition) is 0. The molecule has 33 heavy (non-hydrogen) atoms. The number of amides is 1. The summed E-state index contributed by atoms with van der Waals surface area (Å²) in [5.74, 6) is 1.34. The Morgan fingerprint density at radius 1 is 1.06 bits per heavy atom. The SMILES string of the molecule is O=C(Cn1cnc2c(oc3ccccc32)c1=O)N1CCCC1c1ccc2c(c1)OCCCO2. The molecule has 2 aromatic heterocycles. The first-order valence-corrected chi connectivity index (χ1v) is 11.2. The van der Waals surface area contributed by atoms with Gasteiger partial charge in [0.15, 0.2) is 11.5 Å². The molecule has 0 aliphatic carbocycles. The van der Waals surface area contributed by atoms with Crippen LogP contribution >= 0.6 is 0 Å². The summed E-state index contributed by atoms with van der Waals surface area (Å²) in [5.41, 5.74) is 1.97. The van der Waals surface area contributed by atoms with Gasteiger partial charge in [-0.3, -0.25) is 14.2 Å². The molecular formula is C25H23N3O5. The first-order chi connectivity index (χ1) is 16.2. The van der Waals surface area contributed by atoms with Crippen LogP contribution in [-0.2, 0) is 11.3 Å². The molecule has 6 rings (SSSR count). The van der Waals surface area contributed by atoms with Gasteiger partial charge in [-0.05, 0) is 42.7 Å². The summed E-state index contributed by atoms with van der Waals surface area (Å²) in [6.07, 6.45) is 4.04. The minimum atomic E-state index is -0.351. The third kappa shape index (κ3) is 3.42. The second-order valence-electron chi connectivity index (χ2n) is 8.46. The van der Waals surface area contributed by atoms with Gasteiger partial charge in [0.1, 0.15) is 17.6 Å². The highest BCUT2D eigenvalue weighted by atomic mass is 16.5. The summed E-state index contributed by atoms with van der Waals surface area (Å²) < 4.78 is 18.6. The smallest absolute Gasteiger partial charge is 0.297 e. The molecule has 2 aliphatic heterocycles. The minimum Gasteiger partial charge on any atom is -0.490 e. The van der Waals surface area contributed by atoms with Crippen LogP contribution in [0.1, 0.15) is 30.9 Å². The average Bonchev–Trinajstić information content (AvgIpc) is 3.40. The first kappa shape index (κ1) is 19.8. The van der Waals surface area contributed by atoms with E-state index < -0.39 is 0 Å². The molecule has 0 radical (unpaired) electrons. The van der Waals surface area contributed by atoms with Crippen LogP contribution < -0.4 is 15.0 Å². The maximum atomic E-state index is 13.3. The summed E-state index contributed by atoms with van der Waals surface area (Å²) in [6.45, 7) is 1.82. The zero-order chi connectivity index (χ0) is 22.4. The molecule has 168 valence electrons. The van der Waals surface area contributed by atoms with Gasteiger partial charge in [0.05, 0.1) is 25.6 Å². The van der Waals surface area contributed by atoms with E-state index in [0.29, 0.717) is 30.9 Å². The zero-order valence-electron chi connectivity index (χ0n) is 18.0. The van der Waals surface area contributed by atoms with Gasteiger partial charge in [0, 0.05) is 18.4 Å². The summed E-state index contributed by atoms with van der Waals surface area (Å²) in [5, 5.41) is 0.789. The number of hydrogen-bond acceptors (Lipinski definition) is 6. The topological polar surface area (TPSA) is 86.8 Å². The number of likely N-dealkylation sites (tertiary alicyclic amines) is 1. The highest BCUT2D eigenvalue weighted by molar-refractivity contribution is 6.01. The van der Waals surface area contributed by atoms with Gasteiger partial charge < -0.3 is 18.8 Å². The molecule has 4 heterocycles. The lowest BCUT2D eigenvalue weighted by molar-refractivity contribution is -0.132. The number of ether oxygens (including phenoxy) is 2. The van der Waals surface area contributed by atoms with Crippen LogP contribution in [-0.4, -0.2) is 40.1 Å². The molecule has 1 amide bonds. The van der Waals surface area contributed by atoms with Crippen molar-refractivity contribution in [1.29, 1.82) is 0 Å². The largest absolute Gasteiger partial charge is 0.490 e. The standard InChI is InChI=1S/C25H23N3O5/c29-22(14-27-15-26-23-17-5-1-2-7-19(17)33-24(23)25(27)30)28-10-3-6-18(28)16-8-9-20-21(13-16)32-12-4-11-31-20/h1-2,5,7-9,13,15,18H,3-4,6,10-12,14H2. The highest BCUT2D eigenvalue weighted by Crippen LogP contribution is 2.38. The Morgan fingerprint density at radius 3 is 2.82 bits per heavy atom. The van der Waals surface area contributed by atoms with Gasteiger partial charge in [-0.15, -0.1) is 0 Å². The van der Waals surface area contributed by atoms with Crippen molar-refractivity contribution >= 4 is 28.0 Å². The molecule has 8 heteroatoms. The predicted octanol–water partition coefficient (Wildman–Crippen LogP) is 3.67. The third-order valence-corrected chi connectivity index (χ3v) is 6.39. The van der Waals surface area contributed by atoms with Crippen LogP contribution in [0.15, 0.2) is 58.0 Å². The number of para-hydroxylation sites is 1. The number of rotatable bonds is 3. The van der Waals surface area contributed by atoms with Gasteiger partial charge in [-0.25, -0.2) is 4.98 Å². The van der Waals surface area contributed by atoms with Gasteiger partial charge in [0.2, 0.25) is 11.5 Å². The van der Waals surface area contributed by atoms with Crippen molar-refractivity contribution in [3.05, 3.63) is 64.7 Å². The van der Waals surface area contributed by atoms with Gasteiger partial charge in [-0.1, -0.05) is 18.2 Å². The fraction of sp³-hybridized carbons (Fsp3) is 0.320. The molecule has 1 unspecified atom stereocenters. The number of aromatic nitrogens is 2. The lowest BCUT2D eigenvalue weighted by Gasteiger charge is -2.26. The zero-order valence-corrected chi connectivity index (χ0v) is 18.0. The Hall–Kier alpha value is -3.81. The number of furan rings is 1. The molecule has 4 aromatic rings. The normalized spacial score (nSPS) is 18.1. The van der Waals surface area contributed by atoms with E-state index in [-0.39, 0.29) is 29.6 Å². The van der Waals surface area contributed by atoms with E-state index in [9.17, 15) is 9.59 Å². The molecule has 8 nitrogen and oxygen atoms in total. The molecule has 2 aliphatic rings. The van der Waals surface area contributed by atoms with Crippen molar-refractivity contribution in [2.75, 3.05) is 19.8 Å². The summed E-state index contributed by atoms with van der Waals surface area (Å²) >= 11 is 0. The van der Waals surface area contributed by atoms with Crippen LogP contribution in [0.25, 0.3) is 22.1 Å². The maximum absolute atomic E-state index is 13.3. The fourth-order valence-corrected chi connectivity index (χ4v) is 4.76. The van der Waals surface area contributed by atoms with Crippen molar-refractivity contribution in [3.8, 4) is 11.5 Å². The molecule has 0 bridgehead atoms. The van der Waals surface area contributed by atoms with Crippen molar-refractivity contribution in [2.45, 2.75) is 31.8 Å². The Bertz CT molecular complexity index is 1420. The van der Waals surface area contributed by atoms with E-state index in [2.05, 4.69) is 4.98 Å². The molecule has 1 fully saturated rings. The Balaban J connectivity index is 1.27. The van der Waals surface area contributed by atoms with Crippen LogP contribution in [0.5, 0.6) is 11.5 Å². The van der Waals surface area contributed by atoms with Crippen molar-refractivity contribution in [3.63, 3.8) is 0 Å². The first-order valence-electron chi connectivity index (χ1n) is 11.2. The summed E-state index contributed by atoms with van der Waals surface area (Å²) in [4.78, 5) is 32.5. The van der Waals surface area contributed by atoms with Crippen molar-refractivity contribution in [1.82, 2.24) is 14.5 Å². The van der Waals surface area contributed by atoms with E-state index in [1.54, 1.807) is 6.07 Å². The van der Waals surface area contributed by atoms with E-state index in [1.165, 1.54) is 10.9 Å². The van der Waals surface area contributed by atoms with E-state index in [4.69, 9.17) is 13.9 Å². The molecule has 0 spiro atoms. The number of fused-ring (bicyclic) bond motifs is 4. The maximum Gasteiger partial charge on any atom is 0.297 e. The third-order valence-electron chi connectivity index (χ3n) is 6.39. The van der Waals surface area contributed by atoms with Gasteiger partial charge in [0.25, 0.3) is 5.56 Å². The minimum absolute atomic E-state index is 0.0618. The summed E-state index contributed by atoms with van der Waals surface area (Å²) in [6, 6.07) is 13.2. The van der Waals surface area contributed by atoms with E-state index in [0.717, 1.165) is 41.7 Å². The molecular weight excluding hydrogens is 422 g/mol. The van der Waals surface area contributed by atoms with Crippen LogP contribution in [0.4, 0.5) is 0 Å². The Kier molecular flexibility index (Phi) is 4.78. The van der Waals surface area contributed by atoms with Gasteiger partial charge in [-0.2, -0.15) is 0 Å². The van der Waals surface area contributed by atoms with E-state index in [1.807, 2.05) is 41.3 Å². The van der Waals surface area contributed by atoms with Crippen molar-refractivity contribution < 1.29 is 18.7 Å². The van der Waals surface area contributed by atoms with Crippen LogP contribution in [0, 0.1) is 0 Å². The lowest BCUT2D eigenvalue weighted by Crippen LogP contribution is -2.36. The quantitative estimate of drug-likeness (QED) is 0.478. The predicted molar refractivity (Wildman–Crippen MR) is 122 cm³/mol. The lowest BCUT2D eigenvalue weighted by atomic mass is 10.0. The second kappa shape index (κ2) is 7.95. The van der Waals surface area contributed by atoms with Crippen LogP contribution in [0.3, 0.4) is 0 Å². The van der Waals surface area contributed by atoms with Crippen LogP contribution in [0.2, 0.25) is 0 Å². The summed E-state index contributed by atoms with van der Waals surface area (Å²) in [7, 11) is 0. The molecule has 0 saturated carbocycles. The Labute approximate surface area is 189 Å². The van der Waals surface area contributed by atoms with Crippen molar-refractivity contribution in [2.24, 2.45) is 0 Å². The monoisotopic (exact) mass is 445 g/mol. The molecule has 1 atom stereocenters. The molecule has 0 N–H and O–H groups in total. The second-order valence-corrected chi connectivity index (χ2v) is 8.46. The Morgan fingerprint density at radius 2 is 1.91 bits per heavy atom. The number of nitrogens with zero attached hydrogens (tertiary/aromatic N) is 3. The highest BCUT2D eigenvalue weighted by Gasteiger charge is 2.31. The molecule has 1 saturated heterocycles. The fourth-order valence-electron chi connectivity index (χ4n) is 4.76. The average molecular weight is 445 g/mol. The number of carbonyl (C=O) groups is 1. The number of benzene rings is 2. The molecule has 2 aromatic carbocycles. The number of carbonyl (C=O) groups excluding carboxylic acids is 1. The van der Waals surface area contributed by atoms with E-state index >= 15 is 0 Å². The van der Waals surface area contributed by atoms with Gasteiger partial charge >= 0.3 is 0 Å².